The van der Waals surface area contributed by atoms with Crippen LogP contribution in [0.4, 0.5) is 0 Å². The Kier molecular flexibility index (Phi) is 20.4. The zero-order chi connectivity index (χ0) is 16.3. The molecule has 0 spiro atoms. The van der Waals surface area contributed by atoms with E-state index < -0.39 is 36.0 Å². The molecule has 0 aliphatic heterocycles. The Balaban J connectivity index is -0.000000135. The van der Waals surface area contributed by atoms with Crippen molar-refractivity contribution in [2.24, 2.45) is 11.5 Å². The summed E-state index contributed by atoms with van der Waals surface area (Å²) in [7, 11) is 0. The molecule has 125 valence electrons. The molecule has 0 bridgehead atoms. The van der Waals surface area contributed by atoms with Crippen molar-refractivity contribution in [3.63, 3.8) is 0 Å². The second-order valence-corrected chi connectivity index (χ2v) is 3.75. The van der Waals surface area contributed by atoms with Crippen molar-refractivity contribution >= 4 is 23.9 Å². The largest absolute Gasteiger partial charge is 4.00 e. The van der Waals surface area contributed by atoms with Crippen molar-refractivity contribution in [3.8, 4) is 0 Å². The standard InChI is InChI=1S/2C5H9NO4.O.V/c2*6-3(5(9)10)1-2-4(7)8;;/h2*3H,1-2,6H2,(H,7,8)(H,9,10);;/q;;-2;+4/t2*3-;;/m00../s1. The summed E-state index contributed by atoms with van der Waals surface area (Å²) in [5, 5.41) is 32.5. The van der Waals surface area contributed by atoms with Gasteiger partial charge in [-0.25, -0.2) is 0 Å². The van der Waals surface area contributed by atoms with Crippen molar-refractivity contribution in [2.75, 3.05) is 0 Å². The second-order valence-electron chi connectivity index (χ2n) is 3.75. The van der Waals surface area contributed by atoms with E-state index in [4.69, 9.17) is 31.9 Å². The maximum atomic E-state index is 9.99. The van der Waals surface area contributed by atoms with Crippen LogP contribution >= 0.6 is 0 Å². The molecular formula is C10H18N2O9V+2. The van der Waals surface area contributed by atoms with Gasteiger partial charge in [-0.3, -0.25) is 19.2 Å². The van der Waals surface area contributed by atoms with E-state index in [-0.39, 0.29) is 49.7 Å². The second kappa shape index (κ2) is 15.7. The summed E-state index contributed by atoms with van der Waals surface area (Å²) in [6.45, 7) is 0. The van der Waals surface area contributed by atoms with E-state index in [0.29, 0.717) is 0 Å². The van der Waals surface area contributed by atoms with Crippen LogP contribution in [0.1, 0.15) is 25.7 Å². The summed E-state index contributed by atoms with van der Waals surface area (Å²) in [5.41, 5.74) is 10.0. The zero-order valence-corrected chi connectivity index (χ0v) is 12.8. The van der Waals surface area contributed by atoms with Gasteiger partial charge in [0.05, 0.1) is 0 Å². The van der Waals surface area contributed by atoms with Crippen molar-refractivity contribution in [1.82, 2.24) is 0 Å². The van der Waals surface area contributed by atoms with Crippen LogP contribution in [0.3, 0.4) is 0 Å². The first-order valence-electron chi connectivity index (χ1n) is 5.48. The van der Waals surface area contributed by atoms with Crippen LogP contribution in [-0.2, 0) is 43.2 Å². The van der Waals surface area contributed by atoms with Crippen LogP contribution in [-0.4, -0.2) is 56.4 Å². The Morgan fingerprint density at radius 3 is 1.09 bits per heavy atom. The Morgan fingerprint density at radius 1 is 0.727 bits per heavy atom. The molecule has 0 heterocycles. The van der Waals surface area contributed by atoms with Gasteiger partial charge in [0.2, 0.25) is 0 Å². The third-order valence-corrected chi connectivity index (χ3v) is 1.97. The van der Waals surface area contributed by atoms with Gasteiger partial charge in [0, 0.05) is 12.8 Å². The smallest absolute Gasteiger partial charge is 2.00 e. The van der Waals surface area contributed by atoms with Crippen LogP contribution in [0.15, 0.2) is 0 Å². The number of rotatable bonds is 8. The number of carbonyl (C=O) groups is 4. The molecule has 0 fully saturated rings. The minimum absolute atomic E-state index is 0. The molecule has 0 unspecified atom stereocenters. The fraction of sp³-hybridized carbons (Fsp3) is 0.600. The molecule has 12 heteroatoms. The summed E-state index contributed by atoms with van der Waals surface area (Å²) in [6.07, 6.45) is -0.448. The van der Waals surface area contributed by atoms with Gasteiger partial charge in [0.25, 0.3) is 0 Å². The molecule has 0 aliphatic carbocycles. The first-order chi connectivity index (χ1) is 9.07. The first-order valence-corrected chi connectivity index (χ1v) is 5.48. The summed E-state index contributed by atoms with van der Waals surface area (Å²) in [4.78, 5) is 39.7. The number of carboxylic acids is 4. The fourth-order valence-corrected chi connectivity index (χ4v) is 0.805. The monoisotopic (exact) mass is 361 g/mol. The molecule has 0 rings (SSSR count). The van der Waals surface area contributed by atoms with E-state index in [2.05, 4.69) is 0 Å². The summed E-state index contributed by atoms with van der Waals surface area (Å²) in [6, 6.07) is -2.12. The molecule has 0 saturated heterocycles. The molecular weight excluding hydrogens is 343 g/mol. The predicted octanol–water partition coefficient (Wildman–Crippen LogP) is -1.60. The number of carboxylic acid groups (broad SMARTS) is 4. The molecule has 0 aliphatic rings. The summed E-state index contributed by atoms with van der Waals surface area (Å²) < 4.78 is 0. The van der Waals surface area contributed by atoms with Gasteiger partial charge in [0.1, 0.15) is 12.1 Å². The Hall–Kier alpha value is -1.66. The van der Waals surface area contributed by atoms with Gasteiger partial charge in [-0.2, -0.15) is 0 Å². The predicted molar refractivity (Wildman–Crippen MR) is 65.6 cm³/mol. The number of aliphatic carboxylic acids is 4. The Labute approximate surface area is 137 Å². The van der Waals surface area contributed by atoms with E-state index >= 15 is 0 Å². The van der Waals surface area contributed by atoms with Crippen molar-refractivity contribution < 1.29 is 63.6 Å². The molecule has 1 radical (unpaired) electrons. The quantitative estimate of drug-likeness (QED) is 0.290. The zero-order valence-electron chi connectivity index (χ0n) is 11.4. The molecule has 8 N–H and O–H groups in total. The molecule has 0 aromatic carbocycles. The molecule has 2 atom stereocenters. The molecule has 0 amide bonds. The van der Waals surface area contributed by atoms with Gasteiger partial charge in [-0.1, -0.05) is 0 Å². The topological polar surface area (TPSA) is 230 Å². The molecule has 22 heavy (non-hydrogen) atoms. The summed E-state index contributed by atoms with van der Waals surface area (Å²) >= 11 is 0. The van der Waals surface area contributed by atoms with Crippen LogP contribution < -0.4 is 11.5 Å². The van der Waals surface area contributed by atoms with E-state index in [1.54, 1.807) is 0 Å². The molecule has 0 aromatic heterocycles. The van der Waals surface area contributed by atoms with Crippen LogP contribution in [0.5, 0.6) is 0 Å². The van der Waals surface area contributed by atoms with E-state index in [0.717, 1.165) is 0 Å². The fourth-order valence-electron chi connectivity index (χ4n) is 0.805. The van der Waals surface area contributed by atoms with Gasteiger partial charge in [-0.15, -0.1) is 0 Å². The van der Waals surface area contributed by atoms with Gasteiger partial charge in [0.15, 0.2) is 0 Å². The minimum Gasteiger partial charge on any atom is -2.00 e. The van der Waals surface area contributed by atoms with Crippen LogP contribution in [0.25, 0.3) is 0 Å². The number of hydrogen-bond donors (Lipinski definition) is 6. The first kappa shape index (κ1) is 28.5. The third-order valence-electron chi connectivity index (χ3n) is 1.97. The minimum atomic E-state index is -1.17. The van der Waals surface area contributed by atoms with Crippen molar-refractivity contribution in [3.05, 3.63) is 0 Å². The van der Waals surface area contributed by atoms with Crippen LogP contribution in [0.2, 0.25) is 0 Å². The SMILES string of the molecule is N[C@@H](CCC(=O)O)C(=O)O.N[C@@H](CCC(=O)O)C(=O)O.[O-2].[V+4]. The van der Waals surface area contributed by atoms with Gasteiger partial charge >= 0.3 is 42.4 Å². The molecule has 0 aromatic rings. The normalized spacial score (nSPS) is 11.4. The summed E-state index contributed by atoms with van der Waals surface area (Å²) in [5.74, 6) is -4.39. The maximum Gasteiger partial charge on any atom is 4.00 e. The van der Waals surface area contributed by atoms with E-state index in [1.165, 1.54) is 0 Å². The van der Waals surface area contributed by atoms with Crippen LogP contribution in [0, 0.1) is 0 Å². The molecule has 0 saturated carbocycles. The molecule has 11 nitrogen and oxygen atoms in total. The third kappa shape index (κ3) is 20.7. The average molecular weight is 361 g/mol. The van der Waals surface area contributed by atoms with Crippen molar-refractivity contribution in [2.45, 2.75) is 37.8 Å². The Morgan fingerprint density at radius 2 is 0.955 bits per heavy atom. The van der Waals surface area contributed by atoms with E-state index in [1.807, 2.05) is 0 Å². The van der Waals surface area contributed by atoms with Gasteiger partial charge < -0.3 is 37.4 Å². The Bertz CT molecular complexity index is 330. The van der Waals surface area contributed by atoms with Gasteiger partial charge in [-0.05, 0) is 12.8 Å². The maximum absolute atomic E-state index is 9.99. The van der Waals surface area contributed by atoms with E-state index in [9.17, 15) is 19.2 Å². The van der Waals surface area contributed by atoms with Crippen molar-refractivity contribution in [1.29, 1.82) is 0 Å². The average Bonchev–Trinajstić information content (AvgIpc) is 2.33. The number of nitrogens with two attached hydrogens (primary N) is 2. The number of hydrogen-bond acceptors (Lipinski definition) is 6.